The second-order valence-corrected chi connectivity index (χ2v) is 8.47. The van der Waals surface area contributed by atoms with E-state index in [9.17, 15) is 14.7 Å². The highest BCUT2D eigenvalue weighted by atomic mass is 32.1. The molecule has 1 unspecified atom stereocenters. The van der Waals surface area contributed by atoms with Crippen LogP contribution in [0.15, 0.2) is 72.4 Å². The van der Waals surface area contributed by atoms with Gasteiger partial charge in [-0.15, -0.1) is 0 Å². The van der Waals surface area contributed by atoms with E-state index in [1.807, 2.05) is 12.1 Å². The van der Waals surface area contributed by atoms with E-state index in [0.29, 0.717) is 27.6 Å². The molecule has 0 aliphatic carbocycles. The summed E-state index contributed by atoms with van der Waals surface area (Å²) in [5, 5.41) is 11.4. The largest absolute Gasteiger partial charge is 0.505 e. The Morgan fingerprint density at radius 3 is 2.70 bits per heavy atom. The summed E-state index contributed by atoms with van der Waals surface area (Å²) in [6.45, 7) is 0. The normalized spacial score (nSPS) is 17.6. The number of amides is 1. The summed E-state index contributed by atoms with van der Waals surface area (Å²) >= 11 is 1.27. The number of anilines is 1. The Morgan fingerprint density at radius 1 is 1.12 bits per heavy atom. The lowest BCUT2D eigenvalue weighted by molar-refractivity contribution is -0.254. The molecule has 1 amide bonds. The molecule has 0 spiro atoms. The maximum Gasteiger partial charge on any atom is 0.301 e. The first-order valence-corrected chi connectivity index (χ1v) is 10.9. The summed E-state index contributed by atoms with van der Waals surface area (Å²) in [6, 6.07) is 16.7. The van der Waals surface area contributed by atoms with Gasteiger partial charge in [-0.1, -0.05) is 29.5 Å². The van der Waals surface area contributed by atoms with Crippen LogP contribution < -0.4 is 15.4 Å². The molecule has 1 atom stereocenters. The Hall–Kier alpha value is -4.08. The average Bonchev–Trinajstić information content (AvgIpc) is 3.37. The number of methoxy groups -OCH3 is 1. The van der Waals surface area contributed by atoms with Crippen molar-refractivity contribution in [3.8, 4) is 5.75 Å². The van der Waals surface area contributed by atoms with Crippen LogP contribution in [0.4, 0.5) is 10.8 Å². The van der Waals surface area contributed by atoms with Gasteiger partial charge in [-0.05, 0) is 42.0 Å². The molecule has 1 aliphatic rings. The predicted octanol–water partition coefficient (Wildman–Crippen LogP) is 3.20. The summed E-state index contributed by atoms with van der Waals surface area (Å²) in [4.78, 5) is 36.5. The van der Waals surface area contributed by atoms with Gasteiger partial charge in [-0.3, -0.25) is 19.5 Å². The molecule has 4 aromatic rings. The second kappa shape index (κ2) is 8.12. The van der Waals surface area contributed by atoms with Crippen molar-refractivity contribution >= 4 is 49.8 Å². The fourth-order valence-corrected chi connectivity index (χ4v) is 4.89. The van der Waals surface area contributed by atoms with Gasteiger partial charge in [0.1, 0.15) is 17.1 Å². The minimum absolute atomic E-state index is 0.0406. The van der Waals surface area contributed by atoms with E-state index in [2.05, 4.69) is 15.7 Å². The van der Waals surface area contributed by atoms with Gasteiger partial charge in [0, 0.05) is 12.3 Å². The molecule has 2 aromatic heterocycles. The number of aliphatic hydroxyl groups excluding tert-OH is 1. The number of pyridine rings is 1. The van der Waals surface area contributed by atoms with Gasteiger partial charge in [-0.2, -0.15) is 0 Å². The Labute approximate surface area is 192 Å². The van der Waals surface area contributed by atoms with Gasteiger partial charge in [0.25, 0.3) is 5.78 Å². The summed E-state index contributed by atoms with van der Waals surface area (Å²) in [6.07, 6.45) is 1.51. The smallest absolute Gasteiger partial charge is 0.301 e. The SMILES string of the molecule is COc1ccc2nc(N3C(=O)C(=O)/C(=C(/O)c4ccccn4)C3c3cccc([NH3+])c3)sc2c1. The van der Waals surface area contributed by atoms with E-state index in [1.165, 1.54) is 22.4 Å². The fourth-order valence-electron chi connectivity index (χ4n) is 3.87. The molecule has 1 aliphatic heterocycles. The van der Waals surface area contributed by atoms with Crippen LogP contribution in [0, 0.1) is 0 Å². The molecule has 0 radical (unpaired) electrons. The number of Topliss-reactive ketones (excluding diaryl/α,β-unsaturated/α-hetero) is 1. The number of ketones is 1. The highest BCUT2D eigenvalue weighted by Gasteiger charge is 2.48. The number of carbonyl (C=O) groups excluding carboxylic acids is 2. The second-order valence-electron chi connectivity index (χ2n) is 7.46. The van der Waals surface area contributed by atoms with Gasteiger partial charge < -0.3 is 15.6 Å². The zero-order valence-electron chi connectivity index (χ0n) is 17.6. The molecule has 4 N–H and O–H groups in total. The molecule has 5 rings (SSSR count). The summed E-state index contributed by atoms with van der Waals surface area (Å²) in [5.41, 5.74) is 6.15. The number of aliphatic hydroxyl groups is 1. The lowest BCUT2D eigenvalue weighted by atomic mass is 9.96. The van der Waals surface area contributed by atoms with Crippen molar-refractivity contribution in [2.45, 2.75) is 6.04 Å². The third-order valence-corrected chi connectivity index (χ3v) is 6.43. The van der Waals surface area contributed by atoms with E-state index in [1.54, 1.807) is 55.6 Å². The highest BCUT2D eigenvalue weighted by Crippen LogP contribution is 2.44. The Kier molecular flexibility index (Phi) is 5.12. The number of ether oxygens (including phenoxy) is 1. The van der Waals surface area contributed by atoms with Gasteiger partial charge in [0.15, 0.2) is 10.9 Å². The minimum Gasteiger partial charge on any atom is -0.505 e. The van der Waals surface area contributed by atoms with Crippen LogP contribution in [0.5, 0.6) is 5.75 Å². The topological polar surface area (TPSA) is 120 Å². The molecule has 1 saturated heterocycles. The fraction of sp³-hybridized carbons (Fsp3) is 0.0833. The van der Waals surface area contributed by atoms with E-state index in [0.717, 1.165) is 4.70 Å². The van der Waals surface area contributed by atoms with Gasteiger partial charge in [-0.25, -0.2) is 4.98 Å². The Morgan fingerprint density at radius 2 is 1.97 bits per heavy atom. The predicted molar refractivity (Wildman–Crippen MR) is 124 cm³/mol. The first kappa shape index (κ1) is 20.8. The van der Waals surface area contributed by atoms with Gasteiger partial charge in [0.05, 0.1) is 28.9 Å². The summed E-state index contributed by atoms with van der Waals surface area (Å²) < 4.78 is 6.09. The lowest BCUT2D eigenvalue weighted by Crippen LogP contribution is -2.40. The molecule has 2 aromatic carbocycles. The van der Waals surface area contributed by atoms with Gasteiger partial charge >= 0.3 is 5.91 Å². The number of quaternary nitrogens is 1. The van der Waals surface area contributed by atoms with Crippen LogP contribution in [0.25, 0.3) is 16.0 Å². The van der Waals surface area contributed by atoms with Crippen molar-refractivity contribution in [2.24, 2.45) is 0 Å². The van der Waals surface area contributed by atoms with E-state index >= 15 is 0 Å². The molecular formula is C24H19N4O4S+. The average molecular weight is 460 g/mol. The van der Waals surface area contributed by atoms with Crippen LogP contribution in [0.3, 0.4) is 0 Å². The third-order valence-electron chi connectivity index (χ3n) is 5.41. The number of benzene rings is 2. The third kappa shape index (κ3) is 3.53. The van der Waals surface area contributed by atoms with Crippen LogP contribution >= 0.6 is 11.3 Å². The number of thiazole rings is 1. The number of hydrogen-bond acceptors (Lipinski definition) is 7. The number of aromatic nitrogens is 2. The van der Waals surface area contributed by atoms with Crippen molar-refractivity contribution in [3.05, 3.63) is 83.7 Å². The molecular weight excluding hydrogens is 440 g/mol. The molecule has 164 valence electrons. The molecule has 0 saturated carbocycles. The standard InChI is InChI=1S/C24H18N4O4S/c1-32-15-8-9-16-18(12-15)33-24(27-16)28-20(13-5-4-6-14(25)11-13)19(22(30)23(28)31)21(29)17-7-2-3-10-26-17/h2-12,20,29H,25H2,1H3/p+1/b21-19+. The van der Waals surface area contributed by atoms with Crippen molar-refractivity contribution in [2.75, 3.05) is 12.0 Å². The van der Waals surface area contributed by atoms with Crippen LogP contribution in [0.1, 0.15) is 17.3 Å². The monoisotopic (exact) mass is 459 g/mol. The molecule has 1 fully saturated rings. The number of carbonyl (C=O) groups is 2. The molecule has 8 nitrogen and oxygen atoms in total. The van der Waals surface area contributed by atoms with E-state index < -0.39 is 17.7 Å². The quantitative estimate of drug-likeness (QED) is 0.275. The number of hydrogen-bond donors (Lipinski definition) is 2. The number of fused-ring (bicyclic) bond motifs is 1. The van der Waals surface area contributed by atoms with Crippen molar-refractivity contribution in [1.29, 1.82) is 0 Å². The first-order chi connectivity index (χ1) is 16.0. The van der Waals surface area contributed by atoms with Gasteiger partial charge in [0.2, 0.25) is 0 Å². The first-order valence-electron chi connectivity index (χ1n) is 10.1. The van der Waals surface area contributed by atoms with Crippen LogP contribution in [0.2, 0.25) is 0 Å². The summed E-state index contributed by atoms with van der Waals surface area (Å²) in [5.74, 6) is -1.23. The Balaban J connectivity index is 1.73. The van der Waals surface area contributed by atoms with E-state index in [4.69, 9.17) is 4.74 Å². The zero-order valence-corrected chi connectivity index (χ0v) is 18.4. The Bertz CT molecular complexity index is 1430. The van der Waals surface area contributed by atoms with Crippen LogP contribution in [-0.4, -0.2) is 33.9 Å². The molecule has 9 heteroatoms. The molecule has 3 heterocycles. The number of rotatable bonds is 4. The van der Waals surface area contributed by atoms with Crippen molar-refractivity contribution in [3.63, 3.8) is 0 Å². The van der Waals surface area contributed by atoms with Crippen LogP contribution in [-0.2, 0) is 9.59 Å². The maximum atomic E-state index is 13.3. The zero-order chi connectivity index (χ0) is 23.1. The summed E-state index contributed by atoms with van der Waals surface area (Å²) in [7, 11) is 1.57. The van der Waals surface area contributed by atoms with E-state index in [-0.39, 0.29) is 17.0 Å². The number of nitrogens with zero attached hydrogens (tertiary/aromatic N) is 3. The van der Waals surface area contributed by atoms with Crippen molar-refractivity contribution < 1.29 is 25.2 Å². The van der Waals surface area contributed by atoms with Crippen molar-refractivity contribution in [1.82, 2.24) is 9.97 Å². The molecule has 33 heavy (non-hydrogen) atoms. The minimum atomic E-state index is -0.879. The molecule has 0 bridgehead atoms. The lowest BCUT2D eigenvalue weighted by Gasteiger charge is -2.22. The maximum absolute atomic E-state index is 13.3. The highest BCUT2D eigenvalue weighted by molar-refractivity contribution is 7.22.